The van der Waals surface area contributed by atoms with Gasteiger partial charge in [-0.25, -0.2) is 4.79 Å². The fourth-order valence-corrected chi connectivity index (χ4v) is 3.15. The summed E-state index contributed by atoms with van der Waals surface area (Å²) in [6.07, 6.45) is 0.967. The minimum atomic E-state index is -0.596. The highest BCUT2D eigenvalue weighted by molar-refractivity contribution is 7.19. The van der Waals surface area contributed by atoms with Gasteiger partial charge in [-0.05, 0) is 12.8 Å². The van der Waals surface area contributed by atoms with Gasteiger partial charge in [-0.1, -0.05) is 23.2 Å². The molecule has 0 radical (unpaired) electrons. The second kappa shape index (κ2) is 6.09. The average molecular weight is 324 g/mol. The molecule has 1 aliphatic heterocycles. The Hall–Kier alpha value is -0.820. The second-order valence-electron chi connectivity index (χ2n) is 3.88. The number of esters is 1. The van der Waals surface area contributed by atoms with E-state index >= 15 is 0 Å². The lowest BCUT2D eigenvalue weighted by molar-refractivity contribution is -0.124. The Morgan fingerprint density at radius 3 is 2.79 bits per heavy atom. The summed E-state index contributed by atoms with van der Waals surface area (Å²) in [4.78, 5) is 23.7. The first kappa shape index (κ1) is 14.6. The molecule has 1 N–H and O–H groups in total. The molecule has 19 heavy (non-hydrogen) atoms. The zero-order chi connectivity index (χ0) is 14.0. The third kappa shape index (κ3) is 3.02. The summed E-state index contributed by atoms with van der Waals surface area (Å²) in [6, 6.07) is 0. The van der Waals surface area contributed by atoms with Crippen molar-refractivity contribution >= 4 is 52.1 Å². The first-order valence-electron chi connectivity index (χ1n) is 5.53. The van der Waals surface area contributed by atoms with Gasteiger partial charge in [0.15, 0.2) is 0 Å². The van der Waals surface area contributed by atoms with Crippen LogP contribution < -0.4 is 5.32 Å². The van der Waals surface area contributed by atoms with Crippen LogP contribution in [-0.4, -0.2) is 31.7 Å². The summed E-state index contributed by atoms with van der Waals surface area (Å²) >= 11 is 12.8. The molecular formula is C11H11Cl2NO4S. The van der Waals surface area contributed by atoms with Crippen molar-refractivity contribution in [2.24, 2.45) is 0 Å². The van der Waals surface area contributed by atoms with Gasteiger partial charge in [0.2, 0.25) is 0 Å². The van der Waals surface area contributed by atoms with Gasteiger partial charge in [0, 0.05) is 6.61 Å². The molecule has 0 saturated carbocycles. The lowest BCUT2D eigenvalue weighted by Crippen LogP contribution is -2.27. The molecule has 0 unspecified atom stereocenters. The Balaban J connectivity index is 2.23. The van der Waals surface area contributed by atoms with Gasteiger partial charge in [0.1, 0.15) is 15.3 Å². The molecule has 1 aromatic rings. The van der Waals surface area contributed by atoms with Crippen molar-refractivity contribution < 1.29 is 19.1 Å². The number of halogens is 2. The SMILES string of the molecule is COC(=O)c1sc(Cl)c(Cl)c1NC(=O)[C@@H]1CCCO1. The number of nitrogens with one attached hydrogen (secondary N) is 1. The van der Waals surface area contributed by atoms with Crippen LogP contribution in [0.3, 0.4) is 0 Å². The molecule has 0 spiro atoms. The number of carbonyl (C=O) groups excluding carboxylic acids is 2. The van der Waals surface area contributed by atoms with Crippen LogP contribution in [0.1, 0.15) is 22.5 Å². The summed E-state index contributed by atoms with van der Waals surface area (Å²) in [5.74, 6) is -0.930. The van der Waals surface area contributed by atoms with Gasteiger partial charge >= 0.3 is 5.97 Å². The molecule has 104 valence electrons. The van der Waals surface area contributed by atoms with E-state index in [1.807, 2.05) is 0 Å². The van der Waals surface area contributed by atoms with Crippen molar-refractivity contribution in [1.29, 1.82) is 0 Å². The molecule has 1 amide bonds. The van der Waals surface area contributed by atoms with Gasteiger partial charge in [-0.15, -0.1) is 11.3 Å². The maximum atomic E-state index is 12.0. The number of thiophene rings is 1. The quantitative estimate of drug-likeness (QED) is 0.868. The highest BCUT2D eigenvalue weighted by Crippen LogP contribution is 2.41. The van der Waals surface area contributed by atoms with Crippen molar-refractivity contribution in [1.82, 2.24) is 0 Å². The molecular weight excluding hydrogens is 313 g/mol. The number of amides is 1. The number of ether oxygens (including phenoxy) is 2. The van der Waals surface area contributed by atoms with Crippen LogP contribution in [0.2, 0.25) is 9.36 Å². The summed E-state index contributed by atoms with van der Waals surface area (Å²) in [5, 5.41) is 2.72. The monoisotopic (exact) mass is 323 g/mol. The number of hydrogen-bond acceptors (Lipinski definition) is 5. The second-order valence-corrected chi connectivity index (χ2v) is 5.88. The van der Waals surface area contributed by atoms with E-state index in [1.54, 1.807) is 0 Å². The minimum absolute atomic E-state index is 0.137. The van der Waals surface area contributed by atoms with Crippen LogP contribution in [0, 0.1) is 0 Å². The Morgan fingerprint density at radius 1 is 1.47 bits per heavy atom. The molecule has 1 atom stereocenters. The first-order chi connectivity index (χ1) is 9.04. The summed E-state index contributed by atoms with van der Waals surface area (Å²) in [7, 11) is 1.25. The fraction of sp³-hybridized carbons (Fsp3) is 0.455. The standard InChI is InChI=1S/C11H11Cl2NO4S/c1-17-11(16)8-7(6(12)9(13)19-8)14-10(15)5-3-2-4-18-5/h5H,2-4H2,1H3,(H,14,15)/t5-/m0/s1. The first-order valence-corrected chi connectivity index (χ1v) is 7.10. The van der Waals surface area contributed by atoms with Crippen molar-refractivity contribution in [2.75, 3.05) is 19.0 Å². The molecule has 0 bridgehead atoms. The van der Waals surface area contributed by atoms with Gasteiger partial charge in [-0.2, -0.15) is 0 Å². The predicted molar refractivity (Wildman–Crippen MR) is 73.3 cm³/mol. The molecule has 1 aromatic heterocycles. The summed E-state index contributed by atoms with van der Waals surface area (Å²) in [6.45, 7) is 0.556. The van der Waals surface area contributed by atoms with Crippen LogP contribution in [0.25, 0.3) is 0 Å². The zero-order valence-corrected chi connectivity index (χ0v) is 12.3. The van der Waals surface area contributed by atoms with Crippen molar-refractivity contribution in [3.63, 3.8) is 0 Å². The lowest BCUT2D eigenvalue weighted by atomic mass is 10.2. The molecule has 5 nitrogen and oxygen atoms in total. The number of rotatable bonds is 3. The van der Waals surface area contributed by atoms with E-state index in [4.69, 9.17) is 27.9 Å². The summed E-state index contributed by atoms with van der Waals surface area (Å²) < 4.78 is 10.1. The van der Waals surface area contributed by atoms with Crippen molar-refractivity contribution in [3.8, 4) is 0 Å². The van der Waals surface area contributed by atoms with Crippen LogP contribution >= 0.6 is 34.5 Å². The number of carbonyl (C=O) groups is 2. The molecule has 2 heterocycles. The molecule has 8 heteroatoms. The molecule has 2 rings (SSSR count). The van der Waals surface area contributed by atoms with Gasteiger partial charge < -0.3 is 14.8 Å². The zero-order valence-electron chi connectivity index (χ0n) is 10.00. The van der Waals surface area contributed by atoms with Gasteiger partial charge in [0.25, 0.3) is 5.91 Å². The Labute approximate surface area is 123 Å². The van der Waals surface area contributed by atoms with Crippen molar-refractivity contribution in [2.45, 2.75) is 18.9 Å². The van der Waals surface area contributed by atoms with E-state index in [1.165, 1.54) is 7.11 Å². The van der Waals surface area contributed by atoms with E-state index in [0.717, 1.165) is 17.8 Å². The Morgan fingerprint density at radius 2 is 2.21 bits per heavy atom. The maximum absolute atomic E-state index is 12.0. The number of anilines is 1. The van der Waals surface area contributed by atoms with Gasteiger partial charge in [-0.3, -0.25) is 4.79 Å². The van der Waals surface area contributed by atoms with Crippen LogP contribution in [0.15, 0.2) is 0 Å². The van der Waals surface area contributed by atoms with E-state index in [9.17, 15) is 9.59 Å². The predicted octanol–water partition coefficient (Wildman–Crippen LogP) is 2.96. The smallest absolute Gasteiger partial charge is 0.350 e. The Kier molecular flexibility index (Phi) is 4.67. The third-order valence-electron chi connectivity index (χ3n) is 2.65. The maximum Gasteiger partial charge on any atom is 0.350 e. The van der Waals surface area contributed by atoms with Gasteiger partial charge in [0.05, 0.1) is 17.8 Å². The highest BCUT2D eigenvalue weighted by atomic mass is 35.5. The van der Waals surface area contributed by atoms with E-state index in [0.29, 0.717) is 13.0 Å². The largest absolute Gasteiger partial charge is 0.465 e. The minimum Gasteiger partial charge on any atom is -0.465 e. The van der Waals surface area contributed by atoms with Crippen LogP contribution in [0.5, 0.6) is 0 Å². The Bertz CT molecular complexity index is 511. The van der Waals surface area contributed by atoms with Crippen LogP contribution in [0.4, 0.5) is 5.69 Å². The highest BCUT2D eigenvalue weighted by Gasteiger charge is 2.28. The van der Waals surface area contributed by atoms with E-state index < -0.39 is 12.1 Å². The van der Waals surface area contributed by atoms with Crippen molar-refractivity contribution in [3.05, 3.63) is 14.2 Å². The topological polar surface area (TPSA) is 64.6 Å². The fourth-order valence-electron chi connectivity index (χ4n) is 1.72. The molecule has 1 saturated heterocycles. The lowest BCUT2D eigenvalue weighted by Gasteiger charge is -2.10. The summed E-state index contributed by atoms with van der Waals surface area (Å²) in [5.41, 5.74) is 0.184. The molecule has 0 aliphatic carbocycles. The van der Waals surface area contributed by atoms with Crippen LogP contribution in [-0.2, 0) is 14.3 Å². The number of methoxy groups -OCH3 is 1. The number of hydrogen-bond donors (Lipinski definition) is 1. The third-order valence-corrected chi connectivity index (χ3v) is 4.62. The normalized spacial score (nSPS) is 18.4. The molecule has 1 fully saturated rings. The molecule has 0 aromatic carbocycles. The average Bonchev–Trinajstić information content (AvgIpc) is 3.01. The van der Waals surface area contributed by atoms with E-state index in [-0.39, 0.29) is 25.8 Å². The van der Waals surface area contributed by atoms with E-state index in [2.05, 4.69) is 10.1 Å². The molecule has 1 aliphatic rings.